The van der Waals surface area contributed by atoms with Crippen molar-refractivity contribution in [3.05, 3.63) is 35.4 Å². The van der Waals surface area contributed by atoms with Crippen LogP contribution in [0.3, 0.4) is 0 Å². The number of nitrogens with zero attached hydrogens (tertiary/aromatic N) is 1. The first-order valence-corrected chi connectivity index (χ1v) is 7.29. The highest BCUT2D eigenvalue weighted by atomic mass is 16.4. The van der Waals surface area contributed by atoms with Gasteiger partial charge in [0.05, 0.1) is 23.1 Å². The number of carbonyl (C=O) groups excluding carboxylic acids is 2. The van der Waals surface area contributed by atoms with E-state index in [-0.39, 0.29) is 23.7 Å². The van der Waals surface area contributed by atoms with Crippen LogP contribution >= 0.6 is 0 Å². The van der Waals surface area contributed by atoms with Gasteiger partial charge in [0, 0.05) is 0 Å². The largest absolute Gasteiger partial charge is 0.481 e. The molecule has 0 unspecified atom stereocenters. The average Bonchev–Trinajstić information content (AvgIpc) is 3.13. The van der Waals surface area contributed by atoms with Crippen molar-refractivity contribution in [2.75, 3.05) is 0 Å². The minimum atomic E-state index is -0.885. The molecule has 0 radical (unpaired) electrons. The van der Waals surface area contributed by atoms with E-state index in [0.717, 1.165) is 19.3 Å². The molecular formula is C16H15NO4. The highest BCUT2D eigenvalue weighted by Gasteiger charge is 2.57. The van der Waals surface area contributed by atoms with Crippen LogP contribution in [-0.2, 0) is 4.79 Å². The number of amides is 2. The molecule has 2 bridgehead atoms. The van der Waals surface area contributed by atoms with E-state index in [2.05, 4.69) is 0 Å². The Morgan fingerprint density at radius 1 is 1.05 bits per heavy atom. The van der Waals surface area contributed by atoms with E-state index >= 15 is 0 Å². The van der Waals surface area contributed by atoms with E-state index < -0.39 is 17.9 Å². The molecule has 1 heterocycles. The van der Waals surface area contributed by atoms with Crippen molar-refractivity contribution in [1.82, 2.24) is 4.90 Å². The molecule has 5 nitrogen and oxygen atoms in total. The first-order chi connectivity index (χ1) is 10.1. The minimum Gasteiger partial charge on any atom is -0.481 e. The Kier molecular flexibility index (Phi) is 2.49. The summed E-state index contributed by atoms with van der Waals surface area (Å²) in [6.07, 6.45) is 2.61. The number of carboxylic acids is 1. The maximum absolute atomic E-state index is 12.6. The number of rotatable bonds is 2. The Hall–Kier alpha value is -2.17. The fourth-order valence-corrected chi connectivity index (χ4v) is 4.46. The van der Waals surface area contributed by atoms with E-state index in [1.165, 1.54) is 4.90 Å². The van der Waals surface area contributed by atoms with Gasteiger partial charge in [-0.2, -0.15) is 0 Å². The zero-order chi connectivity index (χ0) is 14.7. The summed E-state index contributed by atoms with van der Waals surface area (Å²) in [6, 6.07) is 6.25. The zero-order valence-corrected chi connectivity index (χ0v) is 11.4. The van der Waals surface area contributed by atoms with Crippen LogP contribution in [0.2, 0.25) is 0 Å². The number of fused-ring (bicyclic) bond motifs is 3. The highest BCUT2D eigenvalue weighted by Crippen LogP contribution is 2.51. The van der Waals surface area contributed by atoms with Crippen molar-refractivity contribution in [3.8, 4) is 0 Å². The summed E-state index contributed by atoms with van der Waals surface area (Å²) in [6.45, 7) is 0. The monoisotopic (exact) mass is 285 g/mol. The lowest BCUT2D eigenvalue weighted by Gasteiger charge is -2.34. The van der Waals surface area contributed by atoms with Crippen LogP contribution in [0.25, 0.3) is 0 Å². The van der Waals surface area contributed by atoms with Crippen LogP contribution in [-0.4, -0.2) is 33.8 Å². The van der Waals surface area contributed by atoms with Crippen LogP contribution in [0.1, 0.15) is 40.0 Å². The molecule has 2 amide bonds. The van der Waals surface area contributed by atoms with Crippen molar-refractivity contribution < 1.29 is 19.5 Å². The van der Waals surface area contributed by atoms with Gasteiger partial charge in [0.1, 0.15) is 0 Å². The maximum atomic E-state index is 12.6. The number of benzene rings is 1. The molecule has 1 aromatic rings. The molecule has 0 spiro atoms. The highest BCUT2D eigenvalue weighted by molar-refractivity contribution is 6.21. The lowest BCUT2D eigenvalue weighted by Crippen LogP contribution is -2.49. The lowest BCUT2D eigenvalue weighted by molar-refractivity contribution is -0.145. The molecule has 108 valence electrons. The van der Waals surface area contributed by atoms with E-state index in [1.54, 1.807) is 24.3 Å². The number of carbonyl (C=O) groups is 3. The molecule has 3 aliphatic rings. The molecule has 4 rings (SSSR count). The molecule has 2 fully saturated rings. The molecule has 0 aromatic heterocycles. The number of imide groups is 1. The molecule has 2 saturated carbocycles. The van der Waals surface area contributed by atoms with Crippen molar-refractivity contribution >= 4 is 17.8 Å². The second kappa shape index (κ2) is 4.16. The summed E-state index contributed by atoms with van der Waals surface area (Å²) >= 11 is 0. The van der Waals surface area contributed by atoms with Gasteiger partial charge in [0.2, 0.25) is 0 Å². The second-order valence-electron chi connectivity index (χ2n) is 6.21. The molecule has 4 atom stereocenters. The van der Waals surface area contributed by atoms with Gasteiger partial charge >= 0.3 is 5.97 Å². The topological polar surface area (TPSA) is 74.7 Å². The number of carboxylic acid groups (broad SMARTS) is 1. The molecule has 0 saturated heterocycles. The second-order valence-corrected chi connectivity index (χ2v) is 6.21. The van der Waals surface area contributed by atoms with Gasteiger partial charge < -0.3 is 5.11 Å². The first-order valence-electron chi connectivity index (χ1n) is 7.29. The fraction of sp³-hybridized carbons (Fsp3) is 0.438. The molecule has 5 heteroatoms. The zero-order valence-electron chi connectivity index (χ0n) is 11.4. The molecule has 2 aliphatic carbocycles. The lowest BCUT2D eigenvalue weighted by atomic mass is 9.83. The van der Waals surface area contributed by atoms with Gasteiger partial charge in [-0.05, 0) is 43.2 Å². The third-order valence-electron chi connectivity index (χ3n) is 5.28. The smallest absolute Gasteiger partial charge is 0.308 e. The molecular weight excluding hydrogens is 270 g/mol. The third-order valence-corrected chi connectivity index (χ3v) is 5.28. The van der Waals surface area contributed by atoms with Crippen LogP contribution in [0.15, 0.2) is 24.3 Å². The van der Waals surface area contributed by atoms with E-state index in [4.69, 9.17) is 0 Å². The van der Waals surface area contributed by atoms with Gasteiger partial charge in [-0.3, -0.25) is 19.3 Å². The van der Waals surface area contributed by atoms with Crippen molar-refractivity contribution in [3.63, 3.8) is 0 Å². The summed E-state index contributed by atoms with van der Waals surface area (Å²) in [5.41, 5.74) is 0.795. The Labute approximate surface area is 121 Å². The predicted molar refractivity (Wildman–Crippen MR) is 72.7 cm³/mol. The fourth-order valence-electron chi connectivity index (χ4n) is 4.46. The van der Waals surface area contributed by atoms with Gasteiger partial charge in [0.15, 0.2) is 0 Å². The summed E-state index contributed by atoms with van der Waals surface area (Å²) in [5.74, 6) is -1.92. The SMILES string of the molecule is O=C(O)[C@H]1[C@@H]2CC[C@@H](C2)[C@H]1N1C(=O)c2ccccc2C1=O. The maximum Gasteiger partial charge on any atom is 0.308 e. The summed E-state index contributed by atoms with van der Waals surface area (Å²) in [7, 11) is 0. The predicted octanol–water partition coefficient (Wildman–Crippen LogP) is 1.78. The van der Waals surface area contributed by atoms with Gasteiger partial charge in [-0.15, -0.1) is 0 Å². The summed E-state index contributed by atoms with van der Waals surface area (Å²) in [5, 5.41) is 9.51. The Bertz CT molecular complexity index is 633. The van der Waals surface area contributed by atoms with Gasteiger partial charge in [0.25, 0.3) is 11.8 Å². The summed E-state index contributed by atoms with van der Waals surface area (Å²) in [4.78, 5) is 37.9. The van der Waals surface area contributed by atoms with Gasteiger partial charge in [-0.25, -0.2) is 0 Å². The van der Waals surface area contributed by atoms with Crippen LogP contribution in [0.5, 0.6) is 0 Å². The normalized spacial score (nSPS) is 33.6. The van der Waals surface area contributed by atoms with E-state index in [9.17, 15) is 19.5 Å². The number of hydrogen-bond donors (Lipinski definition) is 1. The van der Waals surface area contributed by atoms with Crippen LogP contribution < -0.4 is 0 Å². The number of hydrogen-bond acceptors (Lipinski definition) is 3. The van der Waals surface area contributed by atoms with E-state index in [0.29, 0.717) is 11.1 Å². The minimum absolute atomic E-state index is 0.0989. The van der Waals surface area contributed by atoms with Crippen molar-refractivity contribution in [1.29, 1.82) is 0 Å². The molecule has 1 N–H and O–H groups in total. The molecule has 21 heavy (non-hydrogen) atoms. The standard InChI is InChI=1S/C16H15NO4/c18-14-10-3-1-2-4-11(10)15(19)17(14)13-9-6-5-8(7-9)12(13)16(20)21/h1-4,8-9,12-13H,5-7H2,(H,20,21)/t8-,9+,12+,13-/m1/s1. The average molecular weight is 285 g/mol. The van der Waals surface area contributed by atoms with E-state index in [1.807, 2.05) is 0 Å². The van der Waals surface area contributed by atoms with Crippen molar-refractivity contribution in [2.45, 2.75) is 25.3 Å². The molecule has 1 aromatic carbocycles. The summed E-state index contributed by atoms with van der Waals surface area (Å²) < 4.78 is 0. The molecule has 1 aliphatic heterocycles. The van der Waals surface area contributed by atoms with Crippen LogP contribution in [0.4, 0.5) is 0 Å². The quantitative estimate of drug-likeness (QED) is 0.840. The van der Waals surface area contributed by atoms with Crippen molar-refractivity contribution in [2.24, 2.45) is 17.8 Å². The first kappa shape index (κ1) is 12.6. The Balaban J connectivity index is 1.76. The third kappa shape index (κ3) is 1.54. The Morgan fingerprint density at radius 2 is 1.62 bits per heavy atom. The number of aliphatic carboxylic acids is 1. The Morgan fingerprint density at radius 3 is 2.19 bits per heavy atom. The van der Waals surface area contributed by atoms with Crippen LogP contribution in [0, 0.1) is 17.8 Å². The van der Waals surface area contributed by atoms with Gasteiger partial charge in [-0.1, -0.05) is 12.1 Å².